The first-order chi connectivity index (χ1) is 16.4. The first kappa shape index (κ1) is 26.8. The summed E-state index contributed by atoms with van der Waals surface area (Å²) in [4.78, 5) is 12.3. The fraction of sp³-hybridized carbons (Fsp3) is 0.0909. The Morgan fingerprint density at radius 1 is 0.971 bits per heavy atom. The molecule has 0 saturated heterocycles. The van der Waals surface area contributed by atoms with Gasteiger partial charge in [-0.2, -0.15) is 18.3 Å². The summed E-state index contributed by atoms with van der Waals surface area (Å²) in [7, 11) is -4.49. The van der Waals surface area contributed by atoms with Crippen molar-refractivity contribution in [1.82, 2.24) is 5.43 Å². The second-order valence-electron chi connectivity index (χ2n) is 6.95. The highest BCUT2D eigenvalue weighted by atomic mass is 35.5. The normalized spacial score (nSPS) is 12.1. The number of anilines is 1. The average molecular weight is 565 g/mol. The third-order valence-electron chi connectivity index (χ3n) is 4.52. The summed E-state index contributed by atoms with van der Waals surface area (Å²) in [6, 6.07) is 13.6. The standard InChI is InChI=1S/C22H15Cl3F3N3O3S/c23-16-8-6-14(19(25)11-16)12-29-30-21(32)13-31(35(33,34)17-4-2-1-3-5-17)20-10-15(22(26,27)28)7-9-18(20)24/h1-12H,13H2,(H,30,32)/b29-12-. The van der Waals surface area contributed by atoms with Crippen LogP contribution >= 0.6 is 34.8 Å². The maximum Gasteiger partial charge on any atom is 0.416 e. The van der Waals surface area contributed by atoms with Crippen molar-refractivity contribution >= 4 is 62.6 Å². The number of hydrogen-bond donors (Lipinski definition) is 1. The molecule has 3 aromatic carbocycles. The molecule has 0 aromatic heterocycles. The van der Waals surface area contributed by atoms with Crippen molar-refractivity contribution in [1.29, 1.82) is 0 Å². The van der Waals surface area contributed by atoms with Crippen molar-refractivity contribution in [2.24, 2.45) is 5.10 Å². The van der Waals surface area contributed by atoms with Crippen molar-refractivity contribution in [3.05, 3.63) is 92.9 Å². The Morgan fingerprint density at radius 2 is 1.66 bits per heavy atom. The van der Waals surface area contributed by atoms with Gasteiger partial charge in [0, 0.05) is 10.6 Å². The van der Waals surface area contributed by atoms with E-state index in [-0.39, 0.29) is 14.9 Å². The summed E-state index contributed by atoms with van der Waals surface area (Å²) in [6.07, 6.45) is -3.57. The van der Waals surface area contributed by atoms with E-state index in [1.165, 1.54) is 42.6 Å². The lowest BCUT2D eigenvalue weighted by Gasteiger charge is -2.25. The van der Waals surface area contributed by atoms with E-state index in [1.807, 2.05) is 0 Å². The summed E-state index contributed by atoms with van der Waals surface area (Å²) in [6.45, 7) is -0.913. The molecule has 1 N–H and O–H groups in total. The van der Waals surface area contributed by atoms with Crippen molar-refractivity contribution in [3.8, 4) is 0 Å². The molecule has 3 rings (SSSR count). The molecule has 6 nitrogen and oxygen atoms in total. The van der Waals surface area contributed by atoms with Crippen LogP contribution in [0.4, 0.5) is 18.9 Å². The second kappa shape index (κ2) is 10.9. The molecule has 3 aromatic rings. The molecule has 0 aliphatic rings. The van der Waals surface area contributed by atoms with Gasteiger partial charge in [0.25, 0.3) is 15.9 Å². The molecular weight excluding hydrogens is 550 g/mol. The number of halogens is 6. The molecule has 0 radical (unpaired) electrons. The van der Waals surface area contributed by atoms with E-state index < -0.39 is 39.9 Å². The van der Waals surface area contributed by atoms with Crippen LogP contribution in [0, 0.1) is 0 Å². The van der Waals surface area contributed by atoms with E-state index in [0.717, 1.165) is 6.07 Å². The zero-order chi connectivity index (χ0) is 25.8. The number of hydrazone groups is 1. The summed E-state index contributed by atoms with van der Waals surface area (Å²) < 4.78 is 67.0. The van der Waals surface area contributed by atoms with Gasteiger partial charge in [-0.1, -0.05) is 59.1 Å². The van der Waals surface area contributed by atoms with E-state index in [0.29, 0.717) is 27.0 Å². The molecule has 0 heterocycles. The zero-order valence-electron chi connectivity index (χ0n) is 17.4. The molecule has 0 fully saturated rings. The average Bonchev–Trinajstić information content (AvgIpc) is 2.79. The van der Waals surface area contributed by atoms with E-state index >= 15 is 0 Å². The largest absolute Gasteiger partial charge is 0.416 e. The van der Waals surface area contributed by atoms with Crippen molar-refractivity contribution < 1.29 is 26.4 Å². The minimum Gasteiger partial charge on any atom is -0.271 e. The second-order valence-corrected chi connectivity index (χ2v) is 10.1. The van der Waals surface area contributed by atoms with Gasteiger partial charge in [-0.15, -0.1) is 0 Å². The lowest BCUT2D eigenvalue weighted by Crippen LogP contribution is -2.40. The first-order valence-corrected chi connectivity index (χ1v) is 12.2. The van der Waals surface area contributed by atoms with Crippen LogP contribution in [-0.2, 0) is 21.0 Å². The Labute approximate surface area is 214 Å². The number of benzene rings is 3. The Hall–Kier alpha value is -2.79. The third kappa shape index (κ3) is 6.66. The van der Waals surface area contributed by atoms with Gasteiger partial charge in [0.2, 0.25) is 0 Å². The highest BCUT2D eigenvalue weighted by Crippen LogP contribution is 2.37. The topological polar surface area (TPSA) is 78.8 Å². The maximum atomic E-state index is 13.3. The van der Waals surface area contributed by atoms with Crippen LogP contribution in [0.1, 0.15) is 11.1 Å². The molecule has 0 unspecified atom stereocenters. The predicted octanol–water partition coefficient (Wildman–Crippen LogP) is 6.01. The van der Waals surface area contributed by atoms with Crippen LogP contribution in [-0.4, -0.2) is 27.1 Å². The monoisotopic (exact) mass is 563 g/mol. The Balaban J connectivity index is 1.95. The number of nitrogens with one attached hydrogen (secondary N) is 1. The Kier molecular flexibility index (Phi) is 8.32. The number of alkyl halides is 3. The van der Waals surface area contributed by atoms with Crippen LogP contribution < -0.4 is 9.73 Å². The molecule has 13 heteroatoms. The smallest absolute Gasteiger partial charge is 0.271 e. The first-order valence-electron chi connectivity index (χ1n) is 9.61. The Morgan fingerprint density at radius 3 is 2.29 bits per heavy atom. The molecule has 0 spiro atoms. The van der Waals surface area contributed by atoms with Crippen LogP contribution in [0.2, 0.25) is 15.1 Å². The quantitative estimate of drug-likeness (QED) is 0.282. The van der Waals surface area contributed by atoms with Crippen LogP contribution in [0.15, 0.2) is 76.7 Å². The van der Waals surface area contributed by atoms with Gasteiger partial charge in [-0.3, -0.25) is 9.10 Å². The fourth-order valence-corrected chi connectivity index (χ4v) is 5.02. The highest BCUT2D eigenvalue weighted by molar-refractivity contribution is 7.92. The van der Waals surface area contributed by atoms with Gasteiger partial charge in [0.15, 0.2) is 0 Å². The summed E-state index contributed by atoms with van der Waals surface area (Å²) >= 11 is 17.9. The number of nitrogens with zero attached hydrogens (tertiary/aromatic N) is 2. The number of carbonyl (C=O) groups excluding carboxylic acids is 1. The molecule has 0 saturated carbocycles. The van der Waals surface area contributed by atoms with Crippen molar-refractivity contribution in [2.75, 3.05) is 10.8 Å². The molecule has 184 valence electrons. The Bertz CT molecular complexity index is 1370. The molecule has 0 aliphatic carbocycles. The zero-order valence-corrected chi connectivity index (χ0v) is 20.5. The minimum absolute atomic E-state index is 0.250. The summed E-state index contributed by atoms with van der Waals surface area (Å²) in [5.41, 5.74) is 0.876. The summed E-state index contributed by atoms with van der Waals surface area (Å²) in [5.74, 6) is -0.945. The number of amides is 1. The van der Waals surface area contributed by atoms with Gasteiger partial charge in [-0.25, -0.2) is 13.8 Å². The number of carbonyl (C=O) groups is 1. The number of rotatable bonds is 7. The van der Waals surface area contributed by atoms with Crippen molar-refractivity contribution in [3.63, 3.8) is 0 Å². The van der Waals surface area contributed by atoms with Gasteiger partial charge in [-0.05, 0) is 42.5 Å². The predicted molar refractivity (Wildman–Crippen MR) is 130 cm³/mol. The van der Waals surface area contributed by atoms with E-state index in [4.69, 9.17) is 34.8 Å². The number of sulfonamides is 1. The fourth-order valence-electron chi connectivity index (χ4n) is 2.85. The molecular formula is C22H15Cl3F3N3O3S. The SMILES string of the molecule is O=C(CN(c1cc(C(F)(F)F)ccc1Cl)S(=O)(=O)c1ccccc1)N/N=C\c1ccc(Cl)cc1Cl. The van der Waals surface area contributed by atoms with E-state index in [2.05, 4.69) is 10.5 Å². The van der Waals surface area contributed by atoms with Gasteiger partial charge >= 0.3 is 6.18 Å². The lowest BCUT2D eigenvalue weighted by atomic mass is 10.2. The number of hydrogen-bond acceptors (Lipinski definition) is 4. The van der Waals surface area contributed by atoms with Crippen LogP contribution in [0.5, 0.6) is 0 Å². The molecule has 0 bridgehead atoms. The van der Waals surface area contributed by atoms with E-state index in [9.17, 15) is 26.4 Å². The molecule has 0 atom stereocenters. The highest BCUT2D eigenvalue weighted by Gasteiger charge is 2.34. The van der Waals surface area contributed by atoms with Gasteiger partial charge in [0.05, 0.1) is 32.4 Å². The molecule has 35 heavy (non-hydrogen) atoms. The third-order valence-corrected chi connectivity index (χ3v) is 7.17. The summed E-state index contributed by atoms with van der Waals surface area (Å²) in [5, 5.41) is 4.06. The molecule has 0 aliphatic heterocycles. The van der Waals surface area contributed by atoms with E-state index in [1.54, 1.807) is 12.1 Å². The lowest BCUT2D eigenvalue weighted by molar-refractivity contribution is -0.137. The van der Waals surface area contributed by atoms with Gasteiger partial charge < -0.3 is 0 Å². The molecule has 1 amide bonds. The van der Waals surface area contributed by atoms with Crippen LogP contribution in [0.25, 0.3) is 0 Å². The van der Waals surface area contributed by atoms with Crippen molar-refractivity contribution in [2.45, 2.75) is 11.1 Å². The van der Waals surface area contributed by atoms with Crippen LogP contribution in [0.3, 0.4) is 0 Å². The van der Waals surface area contributed by atoms with Gasteiger partial charge in [0.1, 0.15) is 6.54 Å². The minimum atomic E-state index is -4.77. The maximum absolute atomic E-state index is 13.3.